The average molecular weight is 339 g/mol. The van der Waals surface area contributed by atoms with Crippen LogP contribution in [0.3, 0.4) is 0 Å². The molecule has 0 aliphatic rings. The van der Waals surface area contributed by atoms with Crippen LogP contribution in [-0.4, -0.2) is 15.7 Å². The predicted octanol–water partition coefficient (Wildman–Crippen LogP) is 1.33. The van der Waals surface area contributed by atoms with Crippen LogP contribution in [0.25, 0.3) is 10.8 Å². The Hall–Kier alpha value is -3.19. The van der Waals surface area contributed by atoms with E-state index in [1.807, 2.05) is 30.3 Å². The normalized spacial score (nSPS) is 10.7. The van der Waals surface area contributed by atoms with Crippen molar-refractivity contribution in [3.63, 3.8) is 0 Å². The number of aryl methyl sites for hydroxylation is 1. The molecule has 0 aliphatic carbocycles. The van der Waals surface area contributed by atoms with Crippen LogP contribution in [0.4, 0.5) is 0 Å². The Morgan fingerprint density at radius 2 is 1.68 bits per heavy atom. The van der Waals surface area contributed by atoms with Crippen molar-refractivity contribution >= 4 is 16.7 Å². The minimum absolute atomic E-state index is 0.00295. The molecule has 0 saturated heterocycles. The first-order valence-corrected chi connectivity index (χ1v) is 7.81. The molecule has 0 bridgehead atoms. The van der Waals surface area contributed by atoms with Crippen LogP contribution < -0.4 is 16.6 Å². The molecule has 0 saturated carbocycles. The first-order valence-electron chi connectivity index (χ1n) is 7.81. The summed E-state index contributed by atoms with van der Waals surface area (Å²) in [6.07, 6.45) is 0.00295. The van der Waals surface area contributed by atoms with E-state index < -0.39 is 0 Å². The number of aromatic amines is 1. The van der Waals surface area contributed by atoms with Gasteiger partial charge >= 0.3 is 0 Å². The zero-order valence-corrected chi connectivity index (χ0v) is 13.4. The van der Waals surface area contributed by atoms with Gasteiger partial charge in [0.15, 0.2) is 0 Å². The minimum Gasteiger partial charge on any atom is -0.273 e. The van der Waals surface area contributed by atoms with E-state index in [1.54, 1.807) is 24.3 Å². The highest BCUT2D eigenvalue weighted by Gasteiger charge is 2.08. The monoisotopic (exact) mass is 339 g/mol. The lowest BCUT2D eigenvalue weighted by Gasteiger charge is -2.08. The number of hydrogen-bond donors (Lipinski definition) is 2. The van der Waals surface area contributed by atoms with Gasteiger partial charge in [-0.05, 0) is 17.7 Å². The number of hydrogen-bond acceptors (Lipinski definition) is 4. The van der Waals surface area contributed by atoms with E-state index in [-0.39, 0.29) is 36.6 Å². The fourth-order valence-electron chi connectivity index (χ4n) is 2.44. The number of nitrogens with zero attached hydrogens (tertiary/aromatic N) is 1. The molecule has 128 valence electrons. The largest absolute Gasteiger partial charge is 0.273 e. The molecular weight excluding hydrogens is 322 g/mol. The number of nitrogens with one attached hydrogen (secondary N) is 2. The summed E-state index contributed by atoms with van der Waals surface area (Å²) in [6, 6.07) is 16.0. The van der Waals surface area contributed by atoms with Gasteiger partial charge in [0.2, 0.25) is 5.91 Å². The summed E-state index contributed by atoms with van der Waals surface area (Å²) in [7, 11) is 0. The summed E-state index contributed by atoms with van der Waals surface area (Å²) >= 11 is 0. The molecular formula is C18H17N3O4. The number of rotatable bonds is 6. The smallest absolute Gasteiger partial charge is 0.273 e. The van der Waals surface area contributed by atoms with E-state index in [2.05, 4.69) is 10.6 Å². The van der Waals surface area contributed by atoms with Crippen molar-refractivity contribution in [3.8, 4) is 0 Å². The first kappa shape index (κ1) is 16.7. The van der Waals surface area contributed by atoms with Crippen molar-refractivity contribution in [2.75, 3.05) is 0 Å². The molecule has 2 aromatic carbocycles. The lowest BCUT2D eigenvalue weighted by Crippen LogP contribution is -2.32. The molecule has 0 aliphatic heterocycles. The molecule has 1 heterocycles. The SMILES string of the molecule is O=C(CCn1[nH]c(=O)c2ccccc2c1=O)NOCc1ccccc1. The van der Waals surface area contributed by atoms with Crippen molar-refractivity contribution in [1.82, 2.24) is 15.3 Å². The minimum atomic E-state index is -0.378. The molecule has 25 heavy (non-hydrogen) atoms. The summed E-state index contributed by atoms with van der Waals surface area (Å²) in [4.78, 5) is 41.3. The average Bonchev–Trinajstić information content (AvgIpc) is 2.64. The number of hydroxylamine groups is 1. The number of carbonyl (C=O) groups excluding carboxylic acids is 1. The lowest BCUT2D eigenvalue weighted by molar-refractivity contribution is -0.134. The maximum Gasteiger partial charge on any atom is 0.273 e. The van der Waals surface area contributed by atoms with Gasteiger partial charge in [0.25, 0.3) is 11.1 Å². The summed E-state index contributed by atoms with van der Waals surface area (Å²) in [5.74, 6) is -0.378. The van der Waals surface area contributed by atoms with Gasteiger partial charge in [0.05, 0.1) is 23.9 Å². The topological polar surface area (TPSA) is 93.2 Å². The molecule has 2 N–H and O–H groups in total. The summed E-state index contributed by atoms with van der Waals surface area (Å²) < 4.78 is 1.14. The first-order chi connectivity index (χ1) is 12.1. The molecule has 3 rings (SSSR count). The van der Waals surface area contributed by atoms with Crippen LogP contribution in [0.1, 0.15) is 12.0 Å². The Bertz CT molecular complexity index is 992. The number of fused-ring (bicyclic) bond motifs is 1. The molecule has 0 spiro atoms. The molecule has 0 radical (unpaired) electrons. The quantitative estimate of drug-likeness (QED) is 0.663. The Labute approximate surface area is 142 Å². The predicted molar refractivity (Wildman–Crippen MR) is 92.8 cm³/mol. The van der Waals surface area contributed by atoms with Crippen LogP contribution >= 0.6 is 0 Å². The van der Waals surface area contributed by atoms with E-state index >= 15 is 0 Å². The third-order valence-corrected chi connectivity index (χ3v) is 3.71. The number of carbonyl (C=O) groups is 1. The molecule has 3 aromatic rings. The standard InChI is InChI=1S/C18H17N3O4/c22-16(20-25-12-13-6-2-1-3-7-13)10-11-21-18(24)15-9-5-4-8-14(15)17(23)19-21/h1-9H,10-12H2,(H,19,23)(H,20,22). The third-order valence-electron chi connectivity index (χ3n) is 3.71. The van der Waals surface area contributed by atoms with E-state index in [4.69, 9.17) is 4.84 Å². The maximum atomic E-state index is 12.3. The third kappa shape index (κ3) is 4.02. The molecule has 0 unspecified atom stereocenters. The van der Waals surface area contributed by atoms with Gasteiger partial charge in [-0.3, -0.25) is 24.3 Å². The van der Waals surface area contributed by atoms with Gasteiger partial charge in [0.1, 0.15) is 0 Å². The maximum absolute atomic E-state index is 12.3. The van der Waals surface area contributed by atoms with Crippen LogP contribution in [-0.2, 0) is 22.8 Å². The summed E-state index contributed by atoms with van der Waals surface area (Å²) in [6.45, 7) is 0.304. The molecule has 1 aromatic heterocycles. The molecule has 0 fully saturated rings. The number of aromatic nitrogens is 2. The van der Waals surface area contributed by atoms with Gasteiger partial charge in [0, 0.05) is 6.42 Å². The van der Waals surface area contributed by atoms with Crippen molar-refractivity contribution in [2.24, 2.45) is 0 Å². The zero-order chi connectivity index (χ0) is 17.6. The van der Waals surface area contributed by atoms with Crippen LogP contribution in [0.15, 0.2) is 64.2 Å². The van der Waals surface area contributed by atoms with Gasteiger partial charge in [-0.1, -0.05) is 42.5 Å². The molecule has 0 atom stereocenters. The molecule has 7 heteroatoms. The second-order valence-corrected chi connectivity index (χ2v) is 5.49. The Morgan fingerprint density at radius 1 is 1.00 bits per heavy atom. The van der Waals surface area contributed by atoms with E-state index in [0.717, 1.165) is 10.2 Å². The summed E-state index contributed by atoms with van der Waals surface area (Å²) in [5, 5.41) is 3.14. The van der Waals surface area contributed by atoms with Gasteiger partial charge in [-0.15, -0.1) is 0 Å². The van der Waals surface area contributed by atoms with E-state index in [1.165, 1.54) is 0 Å². The van der Waals surface area contributed by atoms with Gasteiger partial charge < -0.3 is 0 Å². The highest BCUT2D eigenvalue weighted by Crippen LogP contribution is 2.03. The van der Waals surface area contributed by atoms with Crippen LogP contribution in [0.2, 0.25) is 0 Å². The number of amides is 1. The number of H-pyrrole nitrogens is 1. The fraction of sp³-hybridized carbons (Fsp3) is 0.167. The van der Waals surface area contributed by atoms with Crippen molar-refractivity contribution in [2.45, 2.75) is 19.6 Å². The van der Waals surface area contributed by atoms with E-state index in [0.29, 0.717) is 10.8 Å². The second-order valence-electron chi connectivity index (χ2n) is 5.49. The Morgan fingerprint density at radius 3 is 2.44 bits per heavy atom. The van der Waals surface area contributed by atoms with Crippen LogP contribution in [0.5, 0.6) is 0 Å². The fourth-order valence-corrected chi connectivity index (χ4v) is 2.44. The second kappa shape index (κ2) is 7.59. The summed E-state index contributed by atoms with van der Waals surface area (Å²) in [5.41, 5.74) is 2.55. The number of benzene rings is 2. The van der Waals surface area contributed by atoms with Gasteiger partial charge in [-0.25, -0.2) is 10.2 Å². The van der Waals surface area contributed by atoms with Gasteiger partial charge in [-0.2, -0.15) is 0 Å². The van der Waals surface area contributed by atoms with E-state index in [9.17, 15) is 14.4 Å². The Kier molecular flexibility index (Phi) is 5.06. The van der Waals surface area contributed by atoms with Crippen molar-refractivity contribution < 1.29 is 9.63 Å². The van der Waals surface area contributed by atoms with Crippen LogP contribution in [0, 0.1) is 0 Å². The highest BCUT2D eigenvalue weighted by atomic mass is 16.6. The molecule has 1 amide bonds. The zero-order valence-electron chi connectivity index (χ0n) is 13.4. The highest BCUT2D eigenvalue weighted by molar-refractivity contribution is 5.80. The van der Waals surface area contributed by atoms with Crippen molar-refractivity contribution in [1.29, 1.82) is 0 Å². The Balaban J connectivity index is 1.59. The lowest BCUT2D eigenvalue weighted by atomic mass is 10.2. The van der Waals surface area contributed by atoms with Crippen molar-refractivity contribution in [3.05, 3.63) is 80.9 Å². The molecule has 7 nitrogen and oxygen atoms in total.